The molecule has 5 nitrogen and oxygen atoms in total. The highest BCUT2D eigenvalue weighted by atomic mass is 19.4. The average molecular weight is 680 g/mol. The number of carbonyl (C=O) groups is 2. The maximum atomic E-state index is 13.8. The van der Waals surface area contributed by atoms with Gasteiger partial charge in [-0.25, -0.2) is 9.59 Å². The third kappa shape index (κ3) is 6.66. The standard InChI is InChI=1S/C22H13F17O5/c1-9(2)14(40)42-7-8-43-15(41)10-3-5-11(6-4-10)44-13(24)12(23)16(25,26)17(27,28)18(29,30)19(31,32)20(33,34)21(35,36)22(37,38)39/h3-6H,1,7-8H2,2H3. The highest BCUT2D eigenvalue weighted by Crippen LogP contribution is 2.63. The van der Waals surface area contributed by atoms with Gasteiger partial charge in [0, 0.05) is 5.57 Å². The van der Waals surface area contributed by atoms with Crippen molar-refractivity contribution in [2.75, 3.05) is 13.2 Å². The molecule has 0 heterocycles. The summed E-state index contributed by atoms with van der Waals surface area (Å²) < 4.78 is 238. The van der Waals surface area contributed by atoms with Crippen LogP contribution in [-0.2, 0) is 14.3 Å². The van der Waals surface area contributed by atoms with Gasteiger partial charge in [-0.2, -0.15) is 74.6 Å². The lowest BCUT2D eigenvalue weighted by atomic mass is 9.91. The molecule has 0 N–H and O–H groups in total. The van der Waals surface area contributed by atoms with Crippen LogP contribution in [0, 0.1) is 0 Å². The molecule has 0 aliphatic rings. The lowest BCUT2D eigenvalue weighted by molar-refractivity contribution is -0.451. The van der Waals surface area contributed by atoms with Crippen LogP contribution in [0.3, 0.4) is 0 Å². The monoisotopic (exact) mass is 680 g/mol. The van der Waals surface area contributed by atoms with E-state index in [2.05, 4.69) is 20.8 Å². The number of ether oxygens (including phenoxy) is 3. The highest BCUT2D eigenvalue weighted by molar-refractivity contribution is 5.89. The fraction of sp³-hybridized carbons (Fsp3) is 0.455. The third-order valence-corrected chi connectivity index (χ3v) is 4.97. The highest BCUT2D eigenvalue weighted by Gasteiger charge is 2.93. The number of allylic oxidation sites excluding steroid dienone is 1. The van der Waals surface area contributed by atoms with Crippen LogP contribution in [0.1, 0.15) is 17.3 Å². The van der Waals surface area contributed by atoms with Crippen molar-refractivity contribution in [3.05, 3.63) is 53.8 Å². The topological polar surface area (TPSA) is 61.8 Å². The van der Waals surface area contributed by atoms with E-state index in [0.29, 0.717) is 24.3 Å². The SMILES string of the molecule is C=C(C)C(=O)OCCOC(=O)c1ccc(OC(F)=C(F)C(F)(F)C(F)(F)C(F)(F)C(F)(F)C(F)(F)C(F)(F)C(F)(F)F)cc1. The van der Waals surface area contributed by atoms with Gasteiger partial charge in [-0.3, -0.25) is 0 Å². The van der Waals surface area contributed by atoms with E-state index in [1.54, 1.807) is 0 Å². The molecule has 0 amide bonds. The number of esters is 2. The average Bonchev–Trinajstić information content (AvgIpc) is 2.89. The van der Waals surface area contributed by atoms with Crippen LogP contribution in [0.4, 0.5) is 74.6 Å². The predicted octanol–water partition coefficient (Wildman–Crippen LogP) is 7.82. The molecule has 0 radical (unpaired) electrons. The minimum atomic E-state index is -8.69. The lowest BCUT2D eigenvalue weighted by Crippen LogP contribution is -2.72. The summed E-state index contributed by atoms with van der Waals surface area (Å²) in [6, 6.07) is -1.71. The molecule has 0 fully saturated rings. The van der Waals surface area contributed by atoms with Gasteiger partial charge >= 0.3 is 59.7 Å². The number of rotatable bonds is 13. The van der Waals surface area contributed by atoms with Gasteiger partial charge in [0.05, 0.1) is 5.56 Å². The summed E-state index contributed by atoms with van der Waals surface area (Å²) in [7, 11) is 0. The van der Waals surface area contributed by atoms with Gasteiger partial charge in [0.1, 0.15) is 19.0 Å². The quantitative estimate of drug-likeness (QED) is 0.0700. The smallest absolute Gasteiger partial charge is 0.459 e. The first-order valence-corrected chi connectivity index (χ1v) is 10.7. The number of hydrogen-bond donors (Lipinski definition) is 0. The van der Waals surface area contributed by atoms with Crippen molar-refractivity contribution in [3.8, 4) is 5.75 Å². The summed E-state index contributed by atoms with van der Waals surface area (Å²) in [4.78, 5) is 23.0. The van der Waals surface area contributed by atoms with Crippen LogP contribution < -0.4 is 4.74 Å². The molecule has 0 spiro atoms. The number of carbonyl (C=O) groups excluding carboxylic acids is 2. The van der Waals surface area contributed by atoms with Crippen LogP contribution in [0.2, 0.25) is 0 Å². The molecular formula is C22H13F17O5. The summed E-state index contributed by atoms with van der Waals surface area (Å²) in [6.07, 6.45) is -7.83. The molecule has 0 bridgehead atoms. The van der Waals surface area contributed by atoms with E-state index >= 15 is 0 Å². The van der Waals surface area contributed by atoms with Crippen molar-refractivity contribution in [1.29, 1.82) is 0 Å². The number of halogens is 17. The van der Waals surface area contributed by atoms with Crippen molar-refractivity contribution in [2.24, 2.45) is 0 Å². The number of hydrogen-bond acceptors (Lipinski definition) is 5. The summed E-state index contributed by atoms with van der Waals surface area (Å²) in [6.45, 7) is 3.52. The molecular weight excluding hydrogens is 667 g/mol. The van der Waals surface area contributed by atoms with Crippen molar-refractivity contribution < 1.29 is 98.4 Å². The van der Waals surface area contributed by atoms with Crippen LogP contribution in [0.25, 0.3) is 0 Å². The van der Waals surface area contributed by atoms with Gasteiger partial charge in [0.15, 0.2) is 0 Å². The van der Waals surface area contributed by atoms with E-state index in [9.17, 15) is 84.2 Å². The first kappa shape index (κ1) is 38.3. The Bertz CT molecular complexity index is 1270. The van der Waals surface area contributed by atoms with Crippen molar-refractivity contribution in [3.63, 3.8) is 0 Å². The summed E-state index contributed by atoms with van der Waals surface area (Å²) in [5.41, 5.74) is -0.492. The zero-order valence-corrected chi connectivity index (χ0v) is 20.9. The Morgan fingerprint density at radius 2 is 1.07 bits per heavy atom. The Morgan fingerprint density at radius 1 is 0.659 bits per heavy atom. The van der Waals surface area contributed by atoms with Crippen molar-refractivity contribution in [1.82, 2.24) is 0 Å². The van der Waals surface area contributed by atoms with Gasteiger partial charge in [0.2, 0.25) is 5.83 Å². The van der Waals surface area contributed by atoms with Crippen LogP contribution in [-0.4, -0.2) is 66.9 Å². The minimum absolute atomic E-state index is 0.00935. The molecule has 0 aromatic heterocycles. The Kier molecular flexibility index (Phi) is 10.7. The Morgan fingerprint density at radius 3 is 1.50 bits per heavy atom. The normalized spacial score (nSPS) is 14.5. The molecule has 0 unspecified atom stereocenters. The molecule has 0 aliphatic heterocycles. The molecule has 0 saturated carbocycles. The van der Waals surface area contributed by atoms with E-state index in [-0.39, 0.29) is 5.57 Å². The third-order valence-electron chi connectivity index (χ3n) is 4.97. The predicted molar refractivity (Wildman–Crippen MR) is 108 cm³/mol. The van der Waals surface area contributed by atoms with E-state index in [1.165, 1.54) is 6.92 Å². The molecule has 250 valence electrons. The summed E-state index contributed by atoms with van der Waals surface area (Å²) >= 11 is 0. The van der Waals surface area contributed by atoms with Crippen molar-refractivity contribution in [2.45, 2.75) is 48.6 Å². The maximum absolute atomic E-state index is 13.8. The largest absolute Gasteiger partial charge is 0.460 e. The maximum Gasteiger partial charge on any atom is 0.460 e. The molecule has 0 atom stereocenters. The van der Waals surface area contributed by atoms with Crippen LogP contribution in [0.5, 0.6) is 5.75 Å². The summed E-state index contributed by atoms with van der Waals surface area (Å²) in [5, 5.41) is 0. The number of benzene rings is 1. The summed E-state index contributed by atoms with van der Waals surface area (Å²) in [5.74, 6) is -58.0. The molecule has 0 aliphatic carbocycles. The molecule has 44 heavy (non-hydrogen) atoms. The molecule has 22 heteroatoms. The minimum Gasteiger partial charge on any atom is -0.459 e. The Balaban J connectivity index is 3.24. The first-order valence-electron chi connectivity index (χ1n) is 10.7. The van der Waals surface area contributed by atoms with Crippen molar-refractivity contribution >= 4 is 11.9 Å². The number of alkyl halides is 15. The Hall–Kier alpha value is -3.75. The van der Waals surface area contributed by atoms with Crippen LogP contribution >= 0.6 is 0 Å². The van der Waals surface area contributed by atoms with E-state index in [0.717, 1.165) is 0 Å². The lowest BCUT2D eigenvalue weighted by Gasteiger charge is -2.41. The second-order valence-electron chi connectivity index (χ2n) is 8.21. The first-order chi connectivity index (χ1) is 19.5. The van der Waals surface area contributed by atoms with Gasteiger partial charge in [0.25, 0.3) is 0 Å². The molecule has 0 saturated heterocycles. The van der Waals surface area contributed by atoms with E-state index < -0.39 is 90.0 Å². The fourth-order valence-electron chi connectivity index (χ4n) is 2.51. The molecule has 1 aromatic carbocycles. The van der Waals surface area contributed by atoms with Gasteiger partial charge in [-0.1, -0.05) is 6.58 Å². The molecule has 1 aromatic rings. The zero-order chi connectivity index (χ0) is 34.9. The second kappa shape index (κ2) is 12.3. The van der Waals surface area contributed by atoms with Gasteiger partial charge in [-0.05, 0) is 31.2 Å². The van der Waals surface area contributed by atoms with Crippen LogP contribution in [0.15, 0.2) is 48.3 Å². The zero-order valence-electron chi connectivity index (χ0n) is 20.9. The fourth-order valence-corrected chi connectivity index (χ4v) is 2.51. The molecule has 1 rings (SSSR count). The van der Waals surface area contributed by atoms with Gasteiger partial charge in [-0.15, -0.1) is 0 Å². The Labute approximate surface area is 232 Å². The second-order valence-corrected chi connectivity index (χ2v) is 8.21. The van der Waals surface area contributed by atoms with E-state index in [4.69, 9.17) is 0 Å². The van der Waals surface area contributed by atoms with E-state index in [1.807, 2.05) is 0 Å². The van der Waals surface area contributed by atoms with Gasteiger partial charge < -0.3 is 14.2 Å².